The van der Waals surface area contributed by atoms with Gasteiger partial charge in [0.25, 0.3) is 0 Å². The maximum absolute atomic E-state index is 12.8. The van der Waals surface area contributed by atoms with E-state index in [9.17, 15) is 4.39 Å². The minimum absolute atomic E-state index is 0. The monoisotopic (exact) mass is 463 g/mol. The maximum atomic E-state index is 12.8. The largest absolute Gasteiger partial charge is 0.492 e. The number of likely N-dealkylation sites (N-methyl/N-ethyl adjacent to an activating group) is 1. The highest BCUT2D eigenvalue weighted by Crippen LogP contribution is 2.11. The van der Waals surface area contributed by atoms with Crippen molar-refractivity contribution < 1.29 is 13.9 Å². The van der Waals surface area contributed by atoms with Crippen LogP contribution < -0.4 is 10.1 Å². The smallest absolute Gasteiger partial charge is 0.193 e. The molecule has 5 nitrogen and oxygen atoms in total. The number of rotatable bonds is 7. The molecule has 0 spiro atoms. The molecule has 0 unspecified atom stereocenters. The van der Waals surface area contributed by atoms with Gasteiger partial charge in [0.05, 0.1) is 19.8 Å². The van der Waals surface area contributed by atoms with Crippen LogP contribution in [-0.2, 0) is 4.74 Å². The second kappa shape index (κ2) is 12.1. The third kappa shape index (κ3) is 8.04. The van der Waals surface area contributed by atoms with Crippen LogP contribution in [0.2, 0.25) is 0 Å². The molecule has 1 aromatic rings. The van der Waals surface area contributed by atoms with Crippen LogP contribution in [0, 0.1) is 5.82 Å². The van der Waals surface area contributed by atoms with E-state index in [0.717, 1.165) is 38.6 Å². The summed E-state index contributed by atoms with van der Waals surface area (Å²) in [7, 11) is 3.74. The summed E-state index contributed by atoms with van der Waals surface area (Å²) in [5, 5.41) is 3.36. The number of aliphatic imine (C=N–C) groups is 1. The van der Waals surface area contributed by atoms with Gasteiger partial charge in [-0.15, -0.1) is 24.0 Å². The van der Waals surface area contributed by atoms with Crippen molar-refractivity contribution in [3.63, 3.8) is 0 Å². The van der Waals surface area contributed by atoms with Crippen molar-refractivity contribution in [1.29, 1.82) is 0 Å². The minimum Gasteiger partial charge on any atom is -0.492 e. The average Bonchev–Trinajstić information content (AvgIpc) is 2.61. The van der Waals surface area contributed by atoms with Crippen LogP contribution in [0.5, 0.6) is 5.75 Å². The van der Waals surface area contributed by atoms with E-state index >= 15 is 0 Å². The van der Waals surface area contributed by atoms with Crippen LogP contribution in [0.15, 0.2) is 40.9 Å². The second-order valence-electron chi connectivity index (χ2n) is 5.64. The summed E-state index contributed by atoms with van der Waals surface area (Å²) in [5.74, 6) is 1.24. The molecule has 25 heavy (non-hydrogen) atoms. The Kier molecular flexibility index (Phi) is 10.5. The fourth-order valence-electron chi connectivity index (χ4n) is 2.45. The molecule has 1 heterocycles. The summed E-state index contributed by atoms with van der Waals surface area (Å²) in [6.45, 7) is 3.59. The first kappa shape index (κ1) is 21.7. The summed E-state index contributed by atoms with van der Waals surface area (Å²) in [5.41, 5.74) is 1.44. The Hall–Kier alpha value is -1.35. The lowest BCUT2D eigenvalue weighted by atomic mass is 10.1. The predicted octanol–water partition coefficient (Wildman–Crippen LogP) is 3.07. The van der Waals surface area contributed by atoms with Gasteiger partial charge >= 0.3 is 0 Å². The van der Waals surface area contributed by atoms with E-state index in [2.05, 4.69) is 16.4 Å². The topological polar surface area (TPSA) is 46.1 Å². The highest BCUT2D eigenvalue weighted by molar-refractivity contribution is 14.0. The first-order chi connectivity index (χ1) is 11.7. The highest BCUT2D eigenvalue weighted by Gasteiger charge is 2.07. The Morgan fingerprint density at radius 3 is 2.76 bits per heavy atom. The zero-order chi connectivity index (χ0) is 17.2. The lowest BCUT2D eigenvalue weighted by molar-refractivity contribution is 0.153. The van der Waals surface area contributed by atoms with Gasteiger partial charge in [-0.05, 0) is 37.1 Å². The van der Waals surface area contributed by atoms with Crippen LogP contribution in [0.1, 0.15) is 12.8 Å². The van der Waals surface area contributed by atoms with Crippen molar-refractivity contribution in [2.75, 3.05) is 47.0 Å². The van der Waals surface area contributed by atoms with Gasteiger partial charge in [0.15, 0.2) is 5.96 Å². The minimum atomic E-state index is -0.260. The van der Waals surface area contributed by atoms with Gasteiger partial charge in [0.2, 0.25) is 0 Å². The normalized spacial score (nSPS) is 14.4. The molecule has 0 fully saturated rings. The molecule has 1 aliphatic rings. The summed E-state index contributed by atoms with van der Waals surface area (Å²) >= 11 is 0. The van der Waals surface area contributed by atoms with Gasteiger partial charge in [0, 0.05) is 20.6 Å². The number of nitrogens with one attached hydrogen (secondary N) is 1. The van der Waals surface area contributed by atoms with Crippen LogP contribution in [0.3, 0.4) is 0 Å². The predicted molar refractivity (Wildman–Crippen MR) is 109 cm³/mol. The molecule has 7 heteroatoms. The van der Waals surface area contributed by atoms with Gasteiger partial charge in [-0.3, -0.25) is 4.99 Å². The highest BCUT2D eigenvalue weighted by atomic mass is 127. The third-order valence-electron chi connectivity index (χ3n) is 3.87. The molecule has 1 aliphatic heterocycles. The Morgan fingerprint density at radius 1 is 1.36 bits per heavy atom. The maximum Gasteiger partial charge on any atom is 0.193 e. The Morgan fingerprint density at radius 2 is 2.12 bits per heavy atom. The lowest BCUT2D eigenvalue weighted by Crippen LogP contribution is -2.41. The summed E-state index contributed by atoms with van der Waals surface area (Å²) in [6.07, 6.45) is 4.18. The lowest BCUT2D eigenvalue weighted by Gasteiger charge is -2.22. The number of benzene rings is 1. The molecule has 140 valence electrons. The molecule has 0 saturated carbocycles. The molecular formula is C18H27FIN3O2. The molecule has 1 N–H and O–H groups in total. The van der Waals surface area contributed by atoms with Gasteiger partial charge in [-0.1, -0.05) is 11.6 Å². The number of guanidine groups is 1. The number of hydrogen-bond donors (Lipinski definition) is 1. The van der Waals surface area contributed by atoms with Crippen molar-refractivity contribution in [3.8, 4) is 5.75 Å². The SMILES string of the molecule is CN=C(NCCC1=CCOCC1)N(C)CCOc1ccc(F)cc1.I. The van der Waals surface area contributed by atoms with Crippen LogP contribution >= 0.6 is 24.0 Å². The summed E-state index contributed by atoms with van der Waals surface area (Å²) in [4.78, 5) is 6.31. The van der Waals surface area contributed by atoms with Gasteiger partial charge in [-0.25, -0.2) is 4.39 Å². The molecule has 1 aromatic carbocycles. The molecule has 0 bridgehead atoms. The zero-order valence-corrected chi connectivity index (χ0v) is 17.2. The molecule has 0 aromatic heterocycles. The van der Waals surface area contributed by atoms with E-state index < -0.39 is 0 Å². The Balaban J connectivity index is 0.00000312. The number of nitrogens with zero attached hydrogens (tertiary/aromatic N) is 2. The Bertz CT molecular complexity index is 564. The van der Waals surface area contributed by atoms with Gasteiger partial charge in [-0.2, -0.15) is 0 Å². The molecule has 0 aliphatic carbocycles. The van der Waals surface area contributed by atoms with E-state index in [0.29, 0.717) is 18.9 Å². The van der Waals surface area contributed by atoms with E-state index in [4.69, 9.17) is 9.47 Å². The van der Waals surface area contributed by atoms with Crippen LogP contribution in [-0.4, -0.2) is 57.9 Å². The van der Waals surface area contributed by atoms with Crippen LogP contribution in [0.4, 0.5) is 4.39 Å². The number of ether oxygens (including phenoxy) is 2. The molecular weight excluding hydrogens is 436 g/mol. The summed E-state index contributed by atoms with van der Waals surface area (Å²) in [6, 6.07) is 6.04. The fourth-order valence-corrected chi connectivity index (χ4v) is 2.45. The standard InChI is InChI=1S/C18H26FN3O2.HI/c1-20-18(21-10-7-15-8-12-23-13-9-15)22(2)11-14-24-17-5-3-16(19)4-6-17;/h3-6,8H,7,9-14H2,1-2H3,(H,20,21);1H. The first-order valence-corrected chi connectivity index (χ1v) is 8.25. The van der Waals surface area contributed by atoms with E-state index in [1.54, 1.807) is 19.2 Å². The molecule has 2 rings (SSSR count). The summed E-state index contributed by atoms with van der Waals surface area (Å²) < 4.78 is 23.8. The first-order valence-electron chi connectivity index (χ1n) is 8.25. The van der Waals surface area contributed by atoms with Crippen molar-refractivity contribution in [1.82, 2.24) is 10.2 Å². The second-order valence-corrected chi connectivity index (χ2v) is 5.64. The van der Waals surface area contributed by atoms with Gasteiger partial charge in [0.1, 0.15) is 18.2 Å². The molecule has 0 radical (unpaired) electrons. The van der Waals surface area contributed by atoms with Crippen molar-refractivity contribution in [3.05, 3.63) is 41.7 Å². The average molecular weight is 463 g/mol. The van der Waals surface area contributed by atoms with Gasteiger partial charge < -0.3 is 19.7 Å². The number of halogens is 2. The van der Waals surface area contributed by atoms with E-state index in [1.807, 2.05) is 11.9 Å². The molecule has 0 saturated heterocycles. The third-order valence-corrected chi connectivity index (χ3v) is 3.87. The zero-order valence-electron chi connectivity index (χ0n) is 14.8. The molecule has 0 atom stereocenters. The fraction of sp³-hybridized carbons (Fsp3) is 0.500. The van der Waals surface area contributed by atoms with E-state index in [1.165, 1.54) is 17.7 Å². The van der Waals surface area contributed by atoms with Crippen molar-refractivity contribution in [2.24, 2.45) is 4.99 Å². The molecule has 0 amide bonds. The number of hydrogen-bond acceptors (Lipinski definition) is 3. The Labute approximate surface area is 166 Å². The van der Waals surface area contributed by atoms with Crippen LogP contribution in [0.25, 0.3) is 0 Å². The van der Waals surface area contributed by atoms with Crippen molar-refractivity contribution in [2.45, 2.75) is 12.8 Å². The van der Waals surface area contributed by atoms with E-state index in [-0.39, 0.29) is 29.8 Å². The quantitative estimate of drug-likeness (QED) is 0.292. The van der Waals surface area contributed by atoms with Crippen molar-refractivity contribution >= 4 is 29.9 Å².